The van der Waals surface area contributed by atoms with Gasteiger partial charge in [0.05, 0.1) is 11.1 Å². The van der Waals surface area contributed by atoms with Crippen molar-refractivity contribution >= 4 is 17.5 Å². The lowest BCUT2D eigenvalue weighted by Gasteiger charge is -2.08. The number of benzene rings is 1. The highest BCUT2D eigenvalue weighted by Crippen LogP contribution is 2.12. The smallest absolute Gasteiger partial charge is 0.257 e. The molecule has 0 saturated carbocycles. The fourth-order valence-electron chi connectivity index (χ4n) is 2.24. The third-order valence-corrected chi connectivity index (χ3v) is 3.55. The van der Waals surface area contributed by atoms with Crippen LogP contribution < -0.4 is 10.6 Å². The second kappa shape index (κ2) is 7.98. The summed E-state index contributed by atoms with van der Waals surface area (Å²) in [5.41, 5.74) is 1.68. The topological polar surface area (TPSA) is 84.0 Å². The molecule has 1 aromatic carbocycles. The first-order chi connectivity index (χ1) is 12.6. The minimum absolute atomic E-state index is 0.200. The summed E-state index contributed by atoms with van der Waals surface area (Å²) < 4.78 is 13.2. The molecule has 2 aromatic heterocycles. The highest BCUT2D eigenvalue weighted by atomic mass is 19.1. The Kier molecular flexibility index (Phi) is 5.28. The maximum Gasteiger partial charge on any atom is 0.257 e. The number of pyridine rings is 2. The van der Waals surface area contributed by atoms with Crippen molar-refractivity contribution in [1.29, 1.82) is 0 Å². The predicted octanol–water partition coefficient (Wildman–Crippen LogP) is 2.80. The molecule has 0 spiro atoms. The number of nitrogens with zero attached hydrogens (tertiary/aromatic N) is 2. The van der Waals surface area contributed by atoms with Crippen LogP contribution >= 0.6 is 0 Å². The molecule has 0 fully saturated rings. The number of halogens is 1. The van der Waals surface area contributed by atoms with E-state index in [-0.39, 0.29) is 17.0 Å². The zero-order valence-electron chi connectivity index (χ0n) is 13.6. The van der Waals surface area contributed by atoms with E-state index < -0.39 is 11.7 Å². The van der Waals surface area contributed by atoms with Gasteiger partial charge < -0.3 is 10.6 Å². The third-order valence-electron chi connectivity index (χ3n) is 3.55. The summed E-state index contributed by atoms with van der Waals surface area (Å²) in [7, 11) is 0. The number of aromatic nitrogens is 2. The fourth-order valence-corrected chi connectivity index (χ4v) is 2.24. The molecule has 0 unspecified atom stereocenters. The monoisotopic (exact) mass is 350 g/mol. The summed E-state index contributed by atoms with van der Waals surface area (Å²) in [5, 5.41) is 5.32. The van der Waals surface area contributed by atoms with E-state index in [4.69, 9.17) is 0 Å². The molecule has 130 valence electrons. The minimum atomic E-state index is -0.480. The highest BCUT2D eigenvalue weighted by molar-refractivity contribution is 6.05. The SMILES string of the molecule is O=C(NCc1ccncc1)c1cncc(C(=O)Nc2cccc(F)c2)c1. The Balaban J connectivity index is 1.67. The average molecular weight is 350 g/mol. The largest absolute Gasteiger partial charge is 0.348 e. The summed E-state index contributed by atoms with van der Waals surface area (Å²) in [4.78, 5) is 32.4. The predicted molar refractivity (Wildman–Crippen MR) is 94.0 cm³/mol. The van der Waals surface area contributed by atoms with Crippen molar-refractivity contribution in [3.05, 3.63) is 89.8 Å². The molecule has 26 heavy (non-hydrogen) atoms. The fraction of sp³-hybridized carbons (Fsp3) is 0.0526. The second-order valence-electron chi connectivity index (χ2n) is 5.46. The van der Waals surface area contributed by atoms with Crippen LogP contribution in [0, 0.1) is 5.82 Å². The number of rotatable bonds is 5. The van der Waals surface area contributed by atoms with E-state index in [0.717, 1.165) is 5.56 Å². The molecule has 6 nitrogen and oxygen atoms in total. The zero-order chi connectivity index (χ0) is 18.4. The third kappa shape index (κ3) is 4.47. The van der Waals surface area contributed by atoms with E-state index in [2.05, 4.69) is 20.6 Å². The van der Waals surface area contributed by atoms with E-state index in [9.17, 15) is 14.0 Å². The van der Waals surface area contributed by atoms with Gasteiger partial charge in [-0.25, -0.2) is 4.39 Å². The van der Waals surface area contributed by atoms with Gasteiger partial charge in [0.1, 0.15) is 5.82 Å². The number of nitrogens with one attached hydrogen (secondary N) is 2. The van der Waals surface area contributed by atoms with E-state index in [1.165, 1.54) is 36.7 Å². The van der Waals surface area contributed by atoms with Crippen molar-refractivity contribution in [2.45, 2.75) is 6.54 Å². The molecule has 0 saturated heterocycles. The molecule has 3 aromatic rings. The highest BCUT2D eigenvalue weighted by Gasteiger charge is 2.12. The molecule has 2 N–H and O–H groups in total. The van der Waals surface area contributed by atoms with E-state index >= 15 is 0 Å². The maximum absolute atomic E-state index is 13.2. The average Bonchev–Trinajstić information content (AvgIpc) is 2.67. The van der Waals surface area contributed by atoms with Crippen LogP contribution in [0.1, 0.15) is 26.3 Å². The molecule has 2 amide bonds. The molecule has 0 aliphatic heterocycles. The molecule has 7 heteroatoms. The number of anilines is 1. The van der Waals surface area contributed by atoms with Crippen molar-refractivity contribution in [3.63, 3.8) is 0 Å². The Labute approximate surface area is 149 Å². The van der Waals surface area contributed by atoms with Crippen molar-refractivity contribution in [1.82, 2.24) is 15.3 Å². The lowest BCUT2D eigenvalue weighted by atomic mass is 10.1. The van der Waals surface area contributed by atoms with Gasteiger partial charge >= 0.3 is 0 Å². The molecule has 0 radical (unpaired) electrons. The van der Waals surface area contributed by atoms with Gasteiger partial charge in [0.2, 0.25) is 0 Å². The van der Waals surface area contributed by atoms with Gasteiger partial charge in [-0.2, -0.15) is 0 Å². The van der Waals surface area contributed by atoms with Crippen LogP contribution in [0.4, 0.5) is 10.1 Å². The van der Waals surface area contributed by atoms with Gasteiger partial charge in [0.25, 0.3) is 11.8 Å². The molecule has 0 aliphatic carbocycles. The van der Waals surface area contributed by atoms with Gasteiger partial charge in [0, 0.05) is 37.0 Å². The Bertz CT molecular complexity index is 932. The Morgan fingerprint density at radius 3 is 2.38 bits per heavy atom. The quantitative estimate of drug-likeness (QED) is 0.741. The summed E-state index contributed by atoms with van der Waals surface area (Å²) in [6, 6.07) is 10.6. The molecule has 0 bridgehead atoms. The van der Waals surface area contributed by atoms with Gasteiger partial charge in [0.15, 0.2) is 0 Å². The van der Waals surface area contributed by atoms with E-state index in [1.54, 1.807) is 30.6 Å². The number of amides is 2. The zero-order valence-corrected chi connectivity index (χ0v) is 13.6. The Hall–Kier alpha value is -3.61. The molecule has 2 heterocycles. The van der Waals surface area contributed by atoms with E-state index in [1.807, 2.05) is 0 Å². The van der Waals surface area contributed by atoms with Gasteiger partial charge in [-0.1, -0.05) is 6.07 Å². The molecule has 3 rings (SSSR count). The van der Waals surface area contributed by atoms with Crippen molar-refractivity contribution in [2.75, 3.05) is 5.32 Å². The Morgan fingerprint density at radius 2 is 1.65 bits per heavy atom. The molecule has 0 aliphatic rings. The molecular weight excluding hydrogens is 335 g/mol. The van der Waals surface area contributed by atoms with Crippen LogP contribution in [0.3, 0.4) is 0 Å². The van der Waals surface area contributed by atoms with Crippen molar-refractivity contribution in [2.24, 2.45) is 0 Å². The summed E-state index contributed by atoms with van der Waals surface area (Å²) in [5.74, 6) is -1.29. The van der Waals surface area contributed by atoms with Gasteiger partial charge in [-0.15, -0.1) is 0 Å². The summed E-state index contributed by atoms with van der Waals surface area (Å²) >= 11 is 0. The number of hydrogen-bond donors (Lipinski definition) is 2. The van der Waals surface area contributed by atoms with Crippen molar-refractivity contribution < 1.29 is 14.0 Å². The number of hydrogen-bond acceptors (Lipinski definition) is 4. The van der Waals surface area contributed by atoms with Gasteiger partial charge in [-0.3, -0.25) is 19.6 Å². The van der Waals surface area contributed by atoms with Crippen LogP contribution in [0.5, 0.6) is 0 Å². The van der Waals surface area contributed by atoms with Crippen LogP contribution in [-0.2, 0) is 6.54 Å². The Morgan fingerprint density at radius 1 is 0.923 bits per heavy atom. The second-order valence-corrected chi connectivity index (χ2v) is 5.46. The van der Waals surface area contributed by atoms with Crippen molar-refractivity contribution in [3.8, 4) is 0 Å². The first-order valence-electron chi connectivity index (χ1n) is 7.81. The first kappa shape index (κ1) is 17.2. The van der Waals surface area contributed by atoms with Crippen LogP contribution in [0.15, 0.2) is 67.3 Å². The van der Waals surface area contributed by atoms with Gasteiger partial charge in [-0.05, 0) is 42.0 Å². The van der Waals surface area contributed by atoms with Crippen LogP contribution in [0.2, 0.25) is 0 Å². The lowest BCUT2D eigenvalue weighted by molar-refractivity contribution is 0.0950. The molecular formula is C19H15FN4O2. The van der Waals surface area contributed by atoms with Crippen LogP contribution in [-0.4, -0.2) is 21.8 Å². The lowest BCUT2D eigenvalue weighted by Crippen LogP contribution is -2.23. The first-order valence-corrected chi connectivity index (χ1v) is 7.81. The van der Waals surface area contributed by atoms with E-state index in [0.29, 0.717) is 12.2 Å². The summed E-state index contributed by atoms with van der Waals surface area (Å²) in [6.45, 7) is 0.334. The standard InChI is InChI=1S/C19H15FN4O2/c20-16-2-1-3-17(9-16)24-19(26)15-8-14(11-22-12-15)18(25)23-10-13-4-6-21-7-5-13/h1-9,11-12H,10H2,(H,23,25)(H,24,26). The van der Waals surface area contributed by atoms with Crippen LogP contribution in [0.25, 0.3) is 0 Å². The minimum Gasteiger partial charge on any atom is -0.348 e. The summed E-state index contributed by atoms with van der Waals surface area (Å²) in [6.07, 6.45) is 6.00. The number of carbonyl (C=O) groups excluding carboxylic acids is 2. The molecule has 0 atom stereocenters. The maximum atomic E-state index is 13.2. The number of carbonyl (C=O) groups is 2. The normalized spacial score (nSPS) is 10.2.